The van der Waals surface area contributed by atoms with Crippen LogP contribution in [0.15, 0.2) is 23.1 Å². The van der Waals surface area contributed by atoms with Gasteiger partial charge in [0, 0.05) is 6.54 Å². The van der Waals surface area contributed by atoms with Gasteiger partial charge in [0.15, 0.2) is 0 Å². The summed E-state index contributed by atoms with van der Waals surface area (Å²) in [6.45, 7) is 4.50. The van der Waals surface area contributed by atoms with E-state index in [4.69, 9.17) is 5.73 Å². The largest absolute Gasteiger partial charge is 0.398 e. The van der Waals surface area contributed by atoms with Crippen molar-refractivity contribution in [2.45, 2.75) is 38.0 Å². The van der Waals surface area contributed by atoms with Crippen LogP contribution in [0.3, 0.4) is 0 Å². The zero-order valence-electron chi connectivity index (χ0n) is 11.5. The second kappa shape index (κ2) is 5.51. The Hall–Kier alpha value is -1.07. The zero-order valence-corrected chi connectivity index (χ0v) is 12.3. The fraction of sp³-hybridized carbons (Fsp3) is 0.571. The molecule has 0 heterocycles. The third-order valence-corrected chi connectivity index (χ3v) is 5.52. The van der Waals surface area contributed by atoms with E-state index >= 15 is 0 Å². The Bertz CT molecular complexity index is 534. The van der Waals surface area contributed by atoms with Crippen LogP contribution in [0, 0.1) is 18.8 Å². The maximum absolute atomic E-state index is 12.3. The zero-order chi connectivity index (χ0) is 14.0. The maximum atomic E-state index is 12.3. The molecule has 106 valence electrons. The van der Waals surface area contributed by atoms with Crippen molar-refractivity contribution in [2.75, 3.05) is 12.3 Å². The Labute approximate surface area is 115 Å². The van der Waals surface area contributed by atoms with Crippen molar-refractivity contribution in [3.63, 3.8) is 0 Å². The summed E-state index contributed by atoms with van der Waals surface area (Å²) in [5.74, 6) is 1.16. The average Bonchev–Trinajstić information content (AvgIpc) is 2.72. The molecule has 0 aliphatic heterocycles. The number of anilines is 1. The average molecular weight is 282 g/mol. The topological polar surface area (TPSA) is 72.2 Å². The molecule has 4 nitrogen and oxygen atoms in total. The minimum Gasteiger partial charge on any atom is -0.398 e. The molecule has 0 aromatic heterocycles. The van der Waals surface area contributed by atoms with E-state index in [2.05, 4.69) is 11.6 Å². The molecule has 1 aromatic carbocycles. The Balaban J connectivity index is 2.10. The monoisotopic (exact) mass is 282 g/mol. The van der Waals surface area contributed by atoms with Gasteiger partial charge < -0.3 is 5.73 Å². The predicted octanol–water partition coefficient (Wildman–Crippen LogP) is 2.29. The Morgan fingerprint density at radius 3 is 2.68 bits per heavy atom. The van der Waals surface area contributed by atoms with Crippen molar-refractivity contribution in [2.24, 2.45) is 11.8 Å². The lowest BCUT2D eigenvalue weighted by molar-refractivity contribution is 0.498. The molecule has 1 saturated carbocycles. The van der Waals surface area contributed by atoms with Crippen LogP contribution in [-0.4, -0.2) is 15.0 Å². The van der Waals surface area contributed by atoms with Gasteiger partial charge >= 0.3 is 0 Å². The molecule has 2 unspecified atom stereocenters. The van der Waals surface area contributed by atoms with Gasteiger partial charge in [0.2, 0.25) is 10.0 Å². The van der Waals surface area contributed by atoms with Crippen LogP contribution in [-0.2, 0) is 10.0 Å². The van der Waals surface area contributed by atoms with Crippen LogP contribution >= 0.6 is 0 Å². The highest BCUT2D eigenvalue weighted by molar-refractivity contribution is 7.89. The van der Waals surface area contributed by atoms with Gasteiger partial charge in [0.1, 0.15) is 4.90 Å². The lowest BCUT2D eigenvalue weighted by atomic mass is 10.1. The van der Waals surface area contributed by atoms with Crippen LogP contribution in [0.5, 0.6) is 0 Å². The van der Waals surface area contributed by atoms with Gasteiger partial charge in [-0.1, -0.05) is 25.5 Å². The van der Waals surface area contributed by atoms with E-state index in [0.29, 0.717) is 29.6 Å². The van der Waals surface area contributed by atoms with E-state index in [0.717, 1.165) is 12.8 Å². The van der Waals surface area contributed by atoms with Gasteiger partial charge in [-0.2, -0.15) is 0 Å². The molecule has 3 N–H and O–H groups in total. The van der Waals surface area contributed by atoms with Gasteiger partial charge in [-0.15, -0.1) is 0 Å². The summed E-state index contributed by atoms with van der Waals surface area (Å²) >= 11 is 0. The summed E-state index contributed by atoms with van der Waals surface area (Å²) in [5, 5.41) is 0. The molecule has 0 spiro atoms. The van der Waals surface area contributed by atoms with Gasteiger partial charge in [-0.05, 0) is 43.2 Å². The molecule has 0 bridgehead atoms. The van der Waals surface area contributed by atoms with Gasteiger partial charge in [-0.25, -0.2) is 13.1 Å². The predicted molar refractivity (Wildman–Crippen MR) is 77.3 cm³/mol. The Kier molecular flexibility index (Phi) is 4.16. The molecule has 0 amide bonds. The van der Waals surface area contributed by atoms with Crippen molar-refractivity contribution in [3.05, 3.63) is 23.8 Å². The fourth-order valence-electron chi connectivity index (χ4n) is 2.85. The van der Waals surface area contributed by atoms with Crippen LogP contribution in [0.1, 0.15) is 31.7 Å². The molecule has 2 atom stereocenters. The molecule has 19 heavy (non-hydrogen) atoms. The smallest absolute Gasteiger partial charge is 0.242 e. The first-order valence-electron chi connectivity index (χ1n) is 6.75. The van der Waals surface area contributed by atoms with Crippen LogP contribution in [0.2, 0.25) is 0 Å². The maximum Gasteiger partial charge on any atom is 0.242 e. The standard InChI is InChI=1S/C14H22N2O2S/c1-10-6-7-12(8-10)9-16-19(17,18)14-11(2)4-3-5-13(14)15/h3-5,10,12,16H,6-9,15H2,1-2H3. The van der Waals surface area contributed by atoms with E-state index in [1.807, 2.05) is 0 Å². The summed E-state index contributed by atoms with van der Waals surface area (Å²) < 4.78 is 27.4. The van der Waals surface area contributed by atoms with Crippen molar-refractivity contribution in [3.8, 4) is 0 Å². The number of nitrogen functional groups attached to an aromatic ring is 1. The summed E-state index contributed by atoms with van der Waals surface area (Å²) in [4.78, 5) is 0.223. The van der Waals surface area contributed by atoms with E-state index < -0.39 is 10.0 Å². The van der Waals surface area contributed by atoms with Crippen molar-refractivity contribution in [1.29, 1.82) is 0 Å². The second-order valence-electron chi connectivity index (χ2n) is 5.63. The summed E-state index contributed by atoms with van der Waals surface area (Å²) in [7, 11) is -3.50. The number of nitrogens with one attached hydrogen (secondary N) is 1. The second-order valence-corrected chi connectivity index (χ2v) is 7.33. The van der Waals surface area contributed by atoms with Gasteiger partial charge in [-0.3, -0.25) is 0 Å². The normalized spacial score (nSPS) is 23.7. The van der Waals surface area contributed by atoms with Gasteiger partial charge in [0.05, 0.1) is 5.69 Å². The van der Waals surface area contributed by atoms with E-state index in [1.165, 1.54) is 6.42 Å². The first kappa shape index (κ1) is 14.3. The summed E-state index contributed by atoms with van der Waals surface area (Å²) in [6.07, 6.45) is 3.40. The minimum absolute atomic E-state index is 0.223. The molecule has 0 radical (unpaired) electrons. The molecule has 1 aromatic rings. The molecule has 1 fully saturated rings. The van der Waals surface area contributed by atoms with Crippen molar-refractivity contribution >= 4 is 15.7 Å². The summed E-state index contributed by atoms with van der Waals surface area (Å²) in [5.41, 5.74) is 6.79. The number of rotatable bonds is 4. The minimum atomic E-state index is -3.50. The Morgan fingerprint density at radius 1 is 1.37 bits per heavy atom. The third-order valence-electron chi connectivity index (χ3n) is 3.88. The van der Waals surface area contributed by atoms with E-state index in [1.54, 1.807) is 25.1 Å². The van der Waals surface area contributed by atoms with Gasteiger partial charge in [0.25, 0.3) is 0 Å². The molecular weight excluding hydrogens is 260 g/mol. The highest BCUT2D eigenvalue weighted by atomic mass is 32.2. The summed E-state index contributed by atoms with van der Waals surface area (Å²) in [6, 6.07) is 5.16. The molecule has 1 aliphatic carbocycles. The molecule has 5 heteroatoms. The number of hydrogen-bond acceptors (Lipinski definition) is 3. The lowest BCUT2D eigenvalue weighted by Gasteiger charge is -2.14. The molecular formula is C14H22N2O2S. The van der Waals surface area contributed by atoms with E-state index in [9.17, 15) is 8.42 Å². The molecule has 2 rings (SSSR count). The number of nitrogens with two attached hydrogens (primary N) is 1. The Morgan fingerprint density at radius 2 is 2.11 bits per heavy atom. The van der Waals surface area contributed by atoms with Crippen LogP contribution in [0.4, 0.5) is 5.69 Å². The number of aryl methyl sites for hydroxylation is 1. The SMILES string of the molecule is Cc1cccc(N)c1S(=O)(=O)NCC1CCC(C)C1. The number of hydrogen-bond donors (Lipinski definition) is 2. The quantitative estimate of drug-likeness (QED) is 0.832. The fourth-order valence-corrected chi connectivity index (χ4v) is 4.32. The van der Waals surface area contributed by atoms with Crippen molar-refractivity contribution < 1.29 is 8.42 Å². The van der Waals surface area contributed by atoms with E-state index in [-0.39, 0.29) is 4.90 Å². The highest BCUT2D eigenvalue weighted by Gasteiger charge is 2.25. The third kappa shape index (κ3) is 3.28. The molecule has 0 saturated heterocycles. The molecule has 1 aliphatic rings. The number of benzene rings is 1. The number of sulfonamides is 1. The van der Waals surface area contributed by atoms with Crippen molar-refractivity contribution in [1.82, 2.24) is 4.72 Å². The van der Waals surface area contributed by atoms with Crippen LogP contribution in [0.25, 0.3) is 0 Å². The highest BCUT2D eigenvalue weighted by Crippen LogP contribution is 2.30. The lowest BCUT2D eigenvalue weighted by Crippen LogP contribution is -2.29. The first-order valence-corrected chi connectivity index (χ1v) is 8.23. The van der Waals surface area contributed by atoms with Crippen LogP contribution < -0.4 is 10.5 Å². The first-order chi connectivity index (χ1) is 8.90.